The molecule has 1 nitrogen and oxygen atoms in total. The van der Waals surface area contributed by atoms with E-state index in [1.165, 1.54) is 4.57 Å². The van der Waals surface area contributed by atoms with Gasteiger partial charge in [-0.2, -0.15) is 0 Å². The van der Waals surface area contributed by atoms with E-state index in [0.29, 0.717) is 0 Å². The van der Waals surface area contributed by atoms with Crippen molar-refractivity contribution < 1.29 is 26.5 Å². The predicted octanol–water partition coefficient (Wildman–Crippen LogP) is 4.02. The van der Waals surface area contributed by atoms with Gasteiger partial charge < -0.3 is 0 Å². The third-order valence-corrected chi connectivity index (χ3v) is 3.40. The molecule has 0 saturated carbocycles. The minimum absolute atomic E-state index is 0.107. The van der Waals surface area contributed by atoms with Crippen LogP contribution in [-0.4, -0.2) is 0 Å². The first-order valence-corrected chi connectivity index (χ1v) is 6.63. The summed E-state index contributed by atoms with van der Waals surface area (Å²) < 4.78 is 67.9. The van der Waals surface area contributed by atoms with Crippen LogP contribution in [0.3, 0.4) is 0 Å². The lowest BCUT2D eigenvalue weighted by atomic mass is 9.88. The van der Waals surface area contributed by atoms with Crippen LogP contribution in [-0.2, 0) is 12.0 Å². The first-order chi connectivity index (χ1) is 10.1. The summed E-state index contributed by atoms with van der Waals surface area (Å²) in [7, 11) is 0. The fourth-order valence-electron chi connectivity index (χ4n) is 2.03. The van der Waals surface area contributed by atoms with E-state index < -0.39 is 41.2 Å². The maximum Gasteiger partial charge on any atom is 0.200 e. The van der Waals surface area contributed by atoms with Crippen LogP contribution in [0.2, 0.25) is 0 Å². The summed E-state index contributed by atoms with van der Waals surface area (Å²) in [5, 5.41) is 0. The molecule has 0 aliphatic carbocycles. The maximum atomic E-state index is 13.6. The molecule has 0 N–H and O–H groups in total. The Balaban J connectivity index is 2.40. The largest absolute Gasteiger partial charge is 0.203 e. The van der Waals surface area contributed by atoms with Crippen molar-refractivity contribution in [2.45, 2.75) is 32.7 Å². The van der Waals surface area contributed by atoms with E-state index in [2.05, 4.69) is 0 Å². The zero-order chi connectivity index (χ0) is 16.7. The molecule has 0 aliphatic heterocycles. The Morgan fingerprint density at radius 2 is 1.18 bits per heavy atom. The van der Waals surface area contributed by atoms with Crippen molar-refractivity contribution in [3.63, 3.8) is 0 Å². The average molecular weight is 316 g/mol. The van der Waals surface area contributed by atoms with E-state index in [0.717, 1.165) is 5.56 Å². The van der Waals surface area contributed by atoms with Gasteiger partial charge >= 0.3 is 0 Å². The number of halogens is 5. The quantitative estimate of drug-likeness (QED) is 0.341. The first-order valence-electron chi connectivity index (χ1n) is 6.63. The van der Waals surface area contributed by atoms with Crippen molar-refractivity contribution in [3.8, 4) is 0 Å². The molecular weight excluding hydrogens is 301 g/mol. The molecule has 2 rings (SSSR count). The second kappa shape index (κ2) is 5.66. The molecule has 1 heterocycles. The minimum atomic E-state index is -2.15. The van der Waals surface area contributed by atoms with Gasteiger partial charge in [-0.1, -0.05) is 20.8 Å². The third-order valence-electron chi connectivity index (χ3n) is 3.40. The molecule has 0 unspecified atom stereocenters. The van der Waals surface area contributed by atoms with Gasteiger partial charge in [0, 0.05) is 12.1 Å². The maximum absolute atomic E-state index is 13.6. The summed E-state index contributed by atoms with van der Waals surface area (Å²) in [6, 6.07) is 3.48. The summed E-state index contributed by atoms with van der Waals surface area (Å²) in [6.07, 6.45) is 3.08. The van der Waals surface area contributed by atoms with Crippen molar-refractivity contribution in [3.05, 3.63) is 64.7 Å². The fraction of sp³-hybridized carbons (Fsp3) is 0.312. The van der Waals surface area contributed by atoms with Crippen molar-refractivity contribution in [2.75, 3.05) is 0 Å². The number of benzene rings is 1. The van der Waals surface area contributed by atoms with E-state index >= 15 is 0 Å². The number of hydrogen-bond donors (Lipinski definition) is 0. The van der Waals surface area contributed by atoms with Crippen LogP contribution in [0.25, 0.3) is 0 Å². The second-order valence-electron chi connectivity index (χ2n) is 6.06. The molecule has 0 aliphatic rings. The lowest BCUT2D eigenvalue weighted by molar-refractivity contribution is -0.689. The molecule has 0 radical (unpaired) electrons. The Bertz CT molecular complexity index is 673. The Morgan fingerprint density at radius 3 is 1.59 bits per heavy atom. The summed E-state index contributed by atoms with van der Waals surface area (Å²) in [5.74, 6) is -9.61. The Morgan fingerprint density at radius 1 is 0.773 bits per heavy atom. The van der Waals surface area contributed by atoms with Crippen molar-refractivity contribution >= 4 is 0 Å². The molecule has 0 spiro atoms. The van der Waals surface area contributed by atoms with Crippen molar-refractivity contribution in [2.24, 2.45) is 0 Å². The van der Waals surface area contributed by atoms with Crippen molar-refractivity contribution in [1.29, 1.82) is 0 Å². The predicted molar refractivity (Wildman–Crippen MR) is 70.7 cm³/mol. The van der Waals surface area contributed by atoms with Crippen LogP contribution >= 0.6 is 0 Å². The molecule has 0 amide bonds. The summed E-state index contributed by atoms with van der Waals surface area (Å²) in [6.45, 7) is 5.54. The van der Waals surface area contributed by atoms with Gasteiger partial charge in [-0.3, -0.25) is 0 Å². The molecule has 1 aromatic heterocycles. The van der Waals surface area contributed by atoms with Crippen LogP contribution < -0.4 is 4.57 Å². The van der Waals surface area contributed by atoms with Gasteiger partial charge in [0.25, 0.3) is 0 Å². The van der Waals surface area contributed by atoms with Crippen LogP contribution in [0.5, 0.6) is 0 Å². The lowest BCUT2D eigenvalue weighted by Crippen LogP contribution is -2.35. The first kappa shape index (κ1) is 16.4. The number of hydrogen-bond acceptors (Lipinski definition) is 0. The van der Waals surface area contributed by atoms with Gasteiger partial charge in [0.15, 0.2) is 42.2 Å². The molecule has 22 heavy (non-hydrogen) atoms. The summed E-state index contributed by atoms with van der Waals surface area (Å²) in [4.78, 5) is 0. The van der Waals surface area contributed by atoms with Gasteiger partial charge in [-0.05, 0) is 11.0 Å². The van der Waals surface area contributed by atoms with Gasteiger partial charge in [-0.15, -0.1) is 0 Å². The number of aromatic nitrogens is 1. The highest BCUT2D eigenvalue weighted by atomic mass is 19.2. The molecular formula is C16H15F5N+. The minimum Gasteiger partial charge on any atom is -0.203 e. The smallest absolute Gasteiger partial charge is 0.200 e. The van der Waals surface area contributed by atoms with Gasteiger partial charge in [0.2, 0.25) is 5.82 Å². The van der Waals surface area contributed by atoms with Crippen LogP contribution in [0.4, 0.5) is 22.0 Å². The topological polar surface area (TPSA) is 3.88 Å². The van der Waals surface area contributed by atoms with Gasteiger partial charge in [0.1, 0.15) is 0 Å². The van der Waals surface area contributed by atoms with Gasteiger partial charge in [-0.25, -0.2) is 26.5 Å². The molecule has 0 saturated heterocycles. The SMILES string of the molecule is CC(C)(C)c1cc[n+](Cc2c(F)c(F)c(F)c(F)c2F)cc1. The van der Waals surface area contributed by atoms with Crippen molar-refractivity contribution in [1.82, 2.24) is 0 Å². The number of pyridine rings is 1. The molecule has 6 heteroatoms. The monoisotopic (exact) mass is 316 g/mol. The van der Waals surface area contributed by atoms with Crippen LogP contribution in [0.1, 0.15) is 31.9 Å². The molecule has 1 aromatic carbocycles. The standard InChI is InChI=1S/C16H15F5N/c1-16(2,3)9-4-6-22(7-5-9)8-10-11(17)13(19)15(21)14(20)12(10)18/h4-7H,8H2,1-3H3/q+1. The lowest BCUT2D eigenvalue weighted by Gasteiger charge is -2.17. The fourth-order valence-corrected chi connectivity index (χ4v) is 2.03. The van der Waals surface area contributed by atoms with E-state index in [-0.39, 0.29) is 5.41 Å². The molecule has 0 fully saturated rings. The molecule has 0 bridgehead atoms. The Labute approximate surface area is 125 Å². The van der Waals surface area contributed by atoms with E-state index in [1.807, 2.05) is 20.8 Å². The zero-order valence-corrected chi connectivity index (χ0v) is 12.4. The highest BCUT2D eigenvalue weighted by molar-refractivity contribution is 5.23. The zero-order valence-electron chi connectivity index (χ0n) is 12.4. The van der Waals surface area contributed by atoms with Crippen LogP contribution in [0.15, 0.2) is 24.5 Å². The second-order valence-corrected chi connectivity index (χ2v) is 6.06. The number of rotatable bonds is 2. The highest BCUT2D eigenvalue weighted by Crippen LogP contribution is 2.23. The summed E-state index contributed by atoms with van der Waals surface area (Å²) >= 11 is 0. The van der Waals surface area contributed by atoms with E-state index in [9.17, 15) is 22.0 Å². The Hall–Kier alpha value is -1.98. The summed E-state index contributed by atoms with van der Waals surface area (Å²) in [5.41, 5.74) is 0.0232. The Kier molecular flexibility index (Phi) is 4.22. The normalized spacial score (nSPS) is 11.8. The molecule has 0 atom stereocenters. The van der Waals surface area contributed by atoms with E-state index in [4.69, 9.17) is 0 Å². The average Bonchev–Trinajstić information content (AvgIpc) is 2.47. The molecule has 118 valence electrons. The number of nitrogens with zero attached hydrogens (tertiary/aromatic N) is 1. The highest BCUT2D eigenvalue weighted by Gasteiger charge is 2.27. The van der Waals surface area contributed by atoms with E-state index in [1.54, 1.807) is 24.5 Å². The van der Waals surface area contributed by atoms with Crippen LogP contribution in [0, 0.1) is 29.1 Å². The van der Waals surface area contributed by atoms with Gasteiger partial charge in [0.05, 0.1) is 5.56 Å². The third kappa shape index (κ3) is 2.96. The molecule has 2 aromatic rings.